The highest BCUT2D eigenvalue weighted by atomic mass is 16.5. The highest BCUT2D eigenvalue weighted by Crippen LogP contribution is 2.19. The summed E-state index contributed by atoms with van der Waals surface area (Å²) < 4.78 is 10.9. The zero-order valence-electron chi connectivity index (χ0n) is 16.7. The zero-order chi connectivity index (χ0) is 18.9. The Morgan fingerprint density at radius 1 is 1.15 bits per heavy atom. The lowest BCUT2D eigenvalue weighted by Gasteiger charge is -2.32. The molecule has 0 aromatic heterocycles. The summed E-state index contributed by atoms with van der Waals surface area (Å²) in [6.45, 7) is 6.06. The third kappa shape index (κ3) is 6.40. The first-order valence-corrected chi connectivity index (χ1v) is 10.2. The van der Waals surface area contributed by atoms with E-state index in [0.29, 0.717) is 12.0 Å². The Kier molecular flexibility index (Phi) is 7.78. The SMILES string of the molecule is CN=C(NCC1CCN(Cc2ccc(OC)cc2)CC1)NCC1CCCO1. The van der Waals surface area contributed by atoms with Gasteiger partial charge in [0.05, 0.1) is 13.2 Å². The third-order valence-electron chi connectivity index (χ3n) is 5.58. The molecule has 2 aliphatic heterocycles. The van der Waals surface area contributed by atoms with Gasteiger partial charge in [-0.2, -0.15) is 0 Å². The average Bonchev–Trinajstić information content (AvgIpc) is 3.23. The second-order valence-corrected chi connectivity index (χ2v) is 7.54. The van der Waals surface area contributed by atoms with Gasteiger partial charge in [-0.25, -0.2) is 0 Å². The minimum absolute atomic E-state index is 0.338. The van der Waals surface area contributed by atoms with E-state index in [1.54, 1.807) is 7.11 Å². The van der Waals surface area contributed by atoms with Crippen LogP contribution in [0.4, 0.5) is 0 Å². The number of aliphatic imine (C=N–C) groups is 1. The Morgan fingerprint density at radius 2 is 1.89 bits per heavy atom. The van der Waals surface area contributed by atoms with Gasteiger partial charge in [0.2, 0.25) is 0 Å². The molecule has 0 aliphatic carbocycles. The van der Waals surface area contributed by atoms with Gasteiger partial charge in [0.1, 0.15) is 5.75 Å². The molecule has 2 N–H and O–H groups in total. The second-order valence-electron chi connectivity index (χ2n) is 7.54. The Balaban J connectivity index is 1.33. The van der Waals surface area contributed by atoms with Crippen molar-refractivity contribution in [3.8, 4) is 5.75 Å². The van der Waals surface area contributed by atoms with E-state index >= 15 is 0 Å². The summed E-state index contributed by atoms with van der Waals surface area (Å²) in [6, 6.07) is 8.41. The molecule has 150 valence electrons. The first-order valence-electron chi connectivity index (χ1n) is 10.2. The largest absolute Gasteiger partial charge is 0.497 e. The van der Waals surface area contributed by atoms with Crippen molar-refractivity contribution in [2.75, 3.05) is 46.9 Å². The van der Waals surface area contributed by atoms with Gasteiger partial charge in [0.15, 0.2) is 5.96 Å². The molecule has 1 unspecified atom stereocenters. The lowest BCUT2D eigenvalue weighted by Crippen LogP contribution is -2.44. The quantitative estimate of drug-likeness (QED) is 0.566. The van der Waals surface area contributed by atoms with Crippen LogP contribution in [0.1, 0.15) is 31.2 Å². The van der Waals surface area contributed by atoms with Crippen molar-refractivity contribution in [1.29, 1.82) is 0 Å². The number of hydrogen-bond donors (Lipinski definition) is 2. The van der Waals surface area contributed by atoms with Gasteiger partial charge in [-0.3, -0.25) is 9.89 Å². The van der Waals surface area contributed by atoms with Gasteiger partial charge in [-0.15, -0.1) is 0 Å². The number of rotatable bonds is 7. The molecule has 3 rings (SSSR count). The highest BCUT2D eigenvalue weighted by Gasteiger charge is 2.20. The first kappa shape index (κ1) is 20.0. The number of ether oxygens (including phenoxy) is 2. The molecule has 2 fully saturated rings. The molecule has 0 radical (unpaired) electrons. The molecule has 0 saturated carbocycles. The van der Waals surface area contributed by atoms with Gasteiger partial charge in [-0.1, -0.05) is 12.1 Å². The molecule has 1 aromatic carbocycles. The Hall–Kier alpha value is -1.79. The molecule has 1 aromatic rings. The fraction of sp³-hybridized carbons (Fsp3) is 0.667. The third-order valence-corrected chi connectivity index (χ3v) is 5.58. The van der Waals surface area contributed by atoms with Gasteiger partial charge in [0, 0.05) is 33.3 Å². The van der Waals surface area contributed by atoms with Crippen molar-refractivity contribution in [2.24, 2.45) is 10.9 Å². The average molecular weight is 375 g/mol. The molecule has 6 heteroatoms. The maximum Gasteiger partial charge on any atom is 0.191 e. The lowest BCUT2D eigenvalue weighted by atomic mass is 9.96. The van der Waals surface area contributed by atoms with Crippen LogP contribution < -0.4 is 15.4 Å². The van der Waals surface area contributed by atoms with E-state index in [4.69, 9.17) is 9.47 Å². The molecule has 2 saturated heterocycles. The van der Waals surface area contributed by atoms with Crippen LogP contribution in [0.5, 0.6) is 5.75 Å². The molecule has 6 nitrogen and oxygen atoms in total. The van der Waals surface area contributed by atoms with Crippen LogP contribution in [0, 0.1) is 5.92 Å². The van der Waals surface area contributed by atoms with Gasteiger partial charge in [-0.05, 0) is 62.4 Å². The van der Waals surface area contributed by atoms with Gasteiger partial charge in [0.25, 0.3) is 0 Å². The highest BCUT2D eigenvalue weighted by molar-refractivity contribution is 5.79. The molecular weight excluding hydrogens is 340 g/mol. The summed E-state index contributed by atoms with van der Waals surface area (Å²) in [5.74, 6) is 2.52. The molecule has 27 heavy (non-hydrogen) atoms. The molecule has 0 bridgehead atoms. The summed E-state index contributed by atoms with van der Waals surface area (Å²) in [7, 11) is 3.54. The van der Waals surface area contributed by atoms with Crippen molar-refractivity contribution >= 4 is 5.96 Å². The first-order chi connectivity index (χ1) is 13.3. The van der Waals surface area contributed by atoms with Crippen LogP contribution in [-0.4, -0.2) is 63.9 Å². The predicted octanol–water partition coefficient (Wildman–Crippen LogP) is 2.25. The van der Waals surface area contributed by atoms with Crippen molar-refractivity contribution in [1.82, 2.24) is 15.5 Å². The fourth-order valence-electron chi connectivity index (χ4n) is 3.82. The topological polar surface area (TPSA) is 58.1 Å². The fourth-order valence-corrected chi connectivity index (χ4v) is 3.82. The van der Waals surface area contributed by atoms with Crippen LogP contribution in [-0.2, 0) is 11.3 Å². The van der Waals surface area contributed by atoms with Crippen molar-refractivity contribution in [3.05, 3.63) is 29.8 Å². The van der Waals surface area contributed by atoms with E-state index in [9.17, 15) is 0 Å². The zero-order valence-corrected chi connectivity index (χ0v) is 16.7. The number of benzene rings is 1. The van der Waals surface area contributed by atoms with E-state index in [1.165, 1.54) is 24.8 Å². The number of nitrogens with zero attached hydrogens (tertiary/aromatic N) is 2. The Morgan fingerprint density at radius 3 is 2.52 bits per heavy atom. The van der Waals surface area contributed by atoms with E-state index in [2.05, 4.69) is 32.7 Å². The number of methoxy groups -OCH3 is 1. The minimum atomic E-state index is 0.338. The van der Waals surface area contributed by atoms with Crippen LogP contribution in [0.25, 0.3) is 0 Å². The van der Waals surface area contributed by atoms with Crippen molar-refractivity contribution in [3.63, 3.8) is 0 Å². The lowest BCUT2D eigenvalue weighted by molar-refractivity contribution is 0.113. The smallest absolute Gasteiger partial charge is 0.191 e. The molecule has 0 amide bonds. The van der Waals surface area contributed by atoms with Crippen LogP contribution >= 0.6 is 0 Å². The summed E-state index contributed by atoms with van der Waals surface area (Å²) >= 11 is 0. The minimum Gasteiger partial charge on any atom is -0.497 e. The molecule has 2 heterocycles. The molecule has 1 atom stereocenters. The van der Waals surface area contributed by atoms with Crippen LogP contribution in [0.3, 0.4) is 0 Å². The monoisotopic (exact) mass is 374 g/mol. The van der Waals surface area contributed by atoms with Crippen molar-refractivity contribution < 1.29 is 9.47 Å². The number of likely N-dealkylation sites (tertiary alicyclic amines) is 1. The Labute approximate surface area is 163 Å². The normalized spacial score (nSPS) is 22.0. The molecule has 2 aliphatic rings. The summed E-state index contributed by atoms with van der Waals surface area (Å²) in [5.41, 5.74) is 1.35. The Bertz CT molecular complexity index is 576. The van der Waals surface area contributed by atoms with Crippen LogP contribution in [0.15, 0.2) is 29.3 Å². The summed E-state index contributed by atoms with van der Waals surface area (Å²) in [5, 5.41) is 6.89. The molecular formula is C21H34N4O2. The van der Waals surface area contributed by atoms with E-state index in [0.717, 1.165) is 57.5 Å². The number of nitrogens with one attached hydrogen (secondary N) is 2. The maximum absolute atomic E-state index is 5.66. The summed E-state index contributed by atoms with van der Waals surface area (Å²) in [4.78, 5) is 6.88. The second kappa shape index (κ2) is 10.5. The predicted molar refractivity (Wildman–Crippen MR) is 109 cm³/mol. The van der Waals surface area contributed by atoms with E-state index in [-0.39, 0.29) is 0 Å². The van der Waals surface area contributed by atoms with Gasteiger partial charge >= 0.3 is 0 Å². The maximum atomic E-state index is 5.66. The standard InChI is InChI=1S/C21H34N4O2/c1-22-21(24-15-20-4-3-13-27-20)23-14-17-9-11-25(12-10-17)16-18-5-7-19(26-2)8-6-18/h5-8,17,20H,3-4,9-16H2,1-2H3,(H2,22,23,24). The number of guanidine groups is 1. The van der Waals surface area contributed by atoms with Crippen LogP contribution in [0.2, 0.25) is 0 Å². The van der Waals surface area contributed by atoms with Crippen molar-refractivity contribution in [2.45, 2.75) is 38.3 Å². The number of hydrogen-bond acceptors (Lipinski definition) is 4. The summed E-state index contributed by atoms with van der Waals surface area (Å²) in [6.07, 6.45) is 5.12. The van der Waals surface area contributed by atoms with E-state index < -0.39 is 0 Å². The van der Waals surface area contributed by atoms with Gasteiger partial charge < -0.3 is 20.1 Å². The van der Waals surface area contributed by atoms with E-state index in [1.807, 2.05) is 19.2 Å². The number of piperidine rings is 1. The molecule has 0 spiro atoms.